The van der Waals surface area contributed by atoms with Gasteiger partial charge in [-0.15, -0.1) is 0 Å². The van der Waals surface area contributed by atoms with Gasteiger partial charge in [0, 0.05) is 11.8 Å². The standard InChI is InChI=1S/C23H21BrN2O5/c1-3-30-22(28)20-14(2)25-23(29)26-21(20)16-10-11-18(17(24)13-16)31-19(27)12-9-15-7-5-4-6-8-15/h4-13,21H,3H2,1-2H3,(H2,25,26,29)/b12-9+. The Hall–Kier alpha value is -3.39. The summed E-state index contributed by atoms with van der Waals surface area (Å²) < 4.78 is 11.0. The highest BCUT2D eigenvalue weighted by Gasteiger charge is 2.32. The van der Waals surface area contributed by atoms with Crippen LogP contribution in [0.25, 0.3) is 6.08 Å². The van der Waals surface area contributed by atoms with Gasteiger partial charge in [0.15, 0.2) is 0 Å². The number of carbonyl (C=O) groups is 3. The van der Waals surface area contributed by atoms with Crippen LogP contribution in [-0.4, -0.2) is 24.6 Å². The normalized spacial score (nSPS) is 16.0. The number of carbonyl (C=O) groups excluding carboxylic acids is 3. The molecule has 0 fully saturated rings. The fourth-order valence-corrected chi connectivity index (χ4v) is 3.55. The van der Waals surface area contributed by atoms with Crippen molar-refractivity contribution in [2.45, 2.75) is 19.9 Å². The average Bonchev–Trinajstić information content (AvgIpc) is 2.74. The first-order chi connectivity index (χ1) is 14.9. The summed E-state index contributed by atoms with van der Waals surface area (Å²) in [4.78, 5) is 36.6. The first-order valence-electron chi connectivity index (χ1n) is 9.58. The molecule has 0 saturated heterocycles. The van der Waals surface area contributed by atoms with E-state index in [1.807, 2.05) is 30.3 Å². The first-order valence-corrected chi connectivity index (χ1v) is 10.4. The zero-order chi connectivity index (χ0) is 22.4. The van der Waals surface area contributed by atoms with Crippen LogP contribution in [0, 0.1) is 0 Å². The molecule has 1 aliphatic heterocycles. The summed E-state index contributed by atoms with van der Waals surface area (Å²) in [5, 5.41) is 5.32. The van der Waals surface area contributed by atoms with Crippen LogP contribution < -0.4 is 15.4 Å². The number of urea groups is 1. The van der Waals surface area contributed by atoms with E-state index in [0.717, 1.165) is 5.56 Å². The highest BCUT2D eigenvalue weighted by Crippen LogP contribution is 2.33. The van der Waals surface area contributed by atoms with Gasteiger partial charge in [0.1, 0.15) is 5.75 Å². The van der Waals surface area contributed by atoms with Crippen LogP contribution in [0.3, 0.4) is 0 Å². The molecular formula is C23H21BrN2O5. The Balaban J connectivity index is 1.80. The maximum absolute atomic E-state index is 12.4. The summed E-state index contributed by atoms with van der Waals surface area (Å²) in [6.07, 6.45) is 3.00. The van der Waals surface area contributed by atoms with Crippen molar-refractivity contribution >= 4 is 40.0 Å². The maximum Gasteiger partial charge on any atom is 0.338 e. The van der Waals surface area contributed by atoms with E-state index in [2.05, 4.69) is 26.6 Å². The number of halogens is 1. The third-order valence-electron chi connectivity index (χ3n) is 4.48. The van der Waals surface area contributed by atoms with Crippen molar-refractivity contribution in [2.75, 3.05) is 6.61 Å². The van der Waals surface area contributed by atoms with Gasteiger partial charge in [-0.3, -0.25) is 0 Å². The molecule has 0 spiro atoms. The van der Waals surface area contributed by atoms with Gasteiger partial charge in [0.05, 0.1) is 22.7 Å². The monoisotopic (exact) mass is 484 g/mol. The van der Waals surface area contributed by atoms with Crippen LogP contribution in [0.4, 0.5) is 4.79 Å². The minimum atomic E-state index is -0.702. The minimum Gasteiger partial charge on any atom is -0.463 e. The Morgan fingerprint density at radius 2 is 1.90 bits per heavy atom. The molecule has 0 aromatic heterocycles. The Morgan fingerprint density at radius 1 is 1.16 bits per heavy atom. The van der Waals surface area contributed by atoms with Gasteiger partial charge in [-0.1, -0.05) is 36.4 Å². The molecule has 2 amide bonds. The lowest BCUT2D eigenvalue weighted by atomic mass is 9.95. The lowest BCUT2D eigenvalue weighted by molar-refractivity contribution is -0.139. The second-order valence-corrected chi connectivity index (χ2v) is 7.50. The fraction of sp³-hybridized carbons (Fsp3) is 0.174. The zero-order valence-electron chi connectivity index (χ0n) is 17.0. The molecule has 2 aromatic carbocycles. The number of ether oxygens (including phenoxy) is 2. The highest BCUT2D eigenvalue weighted by atomic mass is 79.9. The van der Waals surface area contributed by atoms with Crippen LogP contribution in [-0.2, 0) is 14.3 Å². The number of nitrogens with one attached hydrogen (secondary N) is 2. The first kappa shape index (κ1) is 22.3. The van der Waals surface area contributed by atoms with Crippen molar-refractivity contribution in [1.29, 1.82) is 0 Å². The summed E-state index contributed by atoms with van der Waals surface area (Å²) in [6.45, 7) is 3.57. The predicted octanol–water partition coefficient (Wildman–Crippen LogP) is 4.26. The molecule has 8 heteroatoms. The van der Waals surface area contributed by atoms with E-state index in [1.165, 1.54) is 6.08 Å². The quantitative estimate of drug-likeness (QED) is 0.363. The summed E-state index contributed by atoms with van der Waals surface area (Å²) >= 11 is 3.39. The van der Waals surface area contributed by atoms with E-state index in [9.17, 15) is 14.4 Å². The second kappa shape index (κ2) is 10.1. The maximum atomic E-state index is 12.4. The molecule has 1 aliphatic rings. The largest absolute Gasteiger partial charge is 0.463 e. The summed E-state index contributed by atoms with van der Waals surface area (Å²) in [6, 6.07) is 13.2. The molecule has 0 radical (unpaired) electrons. The lowest BCUT2D eigenvalue weighted by Gasteiger charge is -2.28. The Kier molecular flexibility index (Phi) is 7.25. The number of rotatable bonds is 6. The Morgan fingerprint density at radius 3 is 2.58 bits per heavy atom. The number of esters is 2. The molecule has 31 heavy (non-hydrogen) atoms. The van der Waals surface area contributed by atoms with Gasteiger partial charge in [-0.25, -0.2) is 14.4 Å². The summed E-state index contributed by atoms with van der Waals surface area (Å²) in [7, 11) is 0. The Bertz CT molecular complexity index is 1060. The number of allylic oxidation sites excluding steroid dienone is 1. The average molecular weight is 485 g/mol. The van der Waals surface area contributed by atoms with Gasteiger partial charge in [-0.2, -0.15) is 0 Å². The van der Waals surface area contributed by atoms with Crippen molar-refractivity contribution in [3.8, 4) is 5.75 Å². The third-order valence-corrected chi connectivity index (χ3v) is 5.10. The third kappa shape index (κ3) is 5.61. The van der Waals surface area contributed by atoms with Crippen molar-refractivity contribution in [3.63, 3.8) is 0 Å². The number of amides is 2. The molecule has 0 aliphatic carbocycles. The predicted molar refractivity (Wildman–Crippen MR) is 119 cm³/mol. The molecule has 2 N–H and O–H groups in total. The number of benzene rings is 2. The Labute approximate surface area is 188 Å². The van der Waals surface area contributed by atoms with E-state index in [1.54, 1.807) is 38.1 Å². The molecule has 3 rings (SSSR count). The number of hydrogen-bond acceptors (Lipinski definition) is 5. The van der Waals surface area contributed by atoms with Crippen molar-refractivity contribution < 1.29 is 23.9 Å². The molecule has 1 heterocycles. The fourth-order valence-electron chi connectivity index (χ4n) is 3.07. The molecule has 0 saturated carbocycles. The lowest BCUT2D eigenvalue weighted by Crippen LogP contribution is -2.45. The van der Waals surface area contributed by atoms with E-state index in [4.69, 9.17) is 9.47 Å². The van der Waals surface area contributed by atoms with Gasteiger partial charge in [0.2, 0.25) is 0 Å². The molecular weight excluding hydrogens is 464 g/mol. The SMILES string of the molecule is CCOC(=O)C1=C(C)NC(=O)NC1c1ccc(OC(=O)/C=C/c2ccccc2)c(Br)c1. The molecule has 0 bridgehead atoms. The number of hydrogen-bond donors (Lipinski definition) is 2. The van der Waals surface area contributed by atoms with Crippen molar-refractivity contribution in [2.24, 2.45) is 0 Å². The van der Waals surface area contributed by atoms with E-state index in [-0.39, 0.29) is 6.61 Å². The minimum absolute atomic E-state index is 0.214. The van der Waals surface area contributed by atoms with Crippen LogP contribution >= 0.6 is 15.9 Å². The zero-order valence-corrected chi connectivity index (χ0v) is 18.6. The van der Waals surface area contributed by atoms with Gasteiger partial charge < -0.3 is 20.1 Å². The van der Waals surface area contributed by atoms with Gasteiger partial charge in [0.25, 0.3) is 0 Å². The second-order valence-electron chi connectivity index (χ2n) is 6.65. The molecule has 7 nitrogen and oxygen atoms in total. The molecule has 1 atom stereocenters. The van der Waals surface area contributed by atoms with Crippen molar-refractivity contribution in [3.05, 3.63) is 81.5 Å². The summed E-state index contributed by atoms with van der Waals surface area (Å²) in [5.41, 5.74) is 2.24. The van der Waals surface area contributed by atoms with Crippen LogP contribution in [0.1, 0.15) is 31.0 Å². The molecule has 160 valence electrons. The smallest absolute Gasteiger partial charge is 0.338 e. The topological polar surface area (TPSA) is 93.7 Å². The molecule has 1 unspecified atom stereocenters. The van der Waals surface area contributed by atoms with Crippen molar-refractivity contribution in [1.82, 2.24) is 10.6 Å². The van der Waals surface area contributed by atoms with Crippen LogP contribution in [0.2, 0.25) is 0 Å². The van der Waals surface area contributed by atoms with E-state index in [0.29, 0.717) is 27.1 Å². The van der Waals surface area contributed by atoms with Gasteiger partial charge >= 0.3 is 18.0 Å². The molecule has 2 aromatic rings. The van der Waals surface area contributed by atoms with E-state index < -0.39 is 24.0 Å². The van der Waals surface area contributed by atoms with Gasteiger partial charge in [-0.05, 0) is 59.1 Å². The highest BCUT2D eigenvalue weighted by molar-refractivity contribution is 9.10. The van der Waals surface area contributed by atoms with E-state index >= 15 is 0 Å². The van der Waals surface area contributed by atoms with Crippen LogP contribution in [0.15, 0.2) is 70.3 Å². The van der Waals surface area contributed by atoms with Crippen LogP contribution in [0.5, 0.6) is 5.75 Å². The summed E-state index contributed by atoms with van der Waals surface area (Å²) in [5.74, 6) is -0.740.